The quantitative estimate of drug-likeness (QED) is 0.117. The first-order valence-corrected chi connectivity index (χ1v) is 13.9. The maximum absolute atomic E-state index is 12.5. The summed E-state index contributed by atoms with van der Waals surface area (Å²) in [6, 6.07) is 9.79. The zero-order valence-corrected chi connectivity index (χ0v) is 25.7. The van der Waals surface area contributed by atoms with Gasteiger partial charge in [0.1, 0.15) is 30.6 Å². The lowest BCUT2D eigenvalue weighted by Crippen LogP contribution is -2.44. The minimum atomic E-state index is -0.970. The summed E-state index contributed by atoms with van der Waals surface area (Å²) in [5.41, 5.74) is 7.47. The Morgan fingerprint density at radius 2 is 1.80 bits per heavy atom. The molecule has 2 amide bonds. The molecule has 0 aliphatic carbocycles. The third-order valence-corrected chi connectivity index (χ3v) is 6.15. The molecule has 0 saturated carbocycles. The van der Waals surface area contributed by atoms with Gasteiger partial charge in [0.05, 0.1) is 20.3 Å². The molecule has 3 atom stereocenters. The highest BCUT2D eigenvalue weighted by Crippen LogP contribution is 2.29. The number of esters is 3. The number of carbonyl (C=O) groups is 5. The van der Waals surface area contributed by atoms with Crippen molar-refractivity contribution in [2.24, 2.45) is 5.73 Å². The number of hydrogen-bond acceptors (Lipinski definition) is 13. The van der Waals surface area contributed by atoms with E-state index in [0.717, 1.165) is 5.56 Å². The Labute approximate surface area is 265 Å². The van der Waals surface area contributed by atoms with Crippen molar-refractivity contribution in [3.8, 4) is 5.75 Å². The maximum Gasteiger partial charge on any atom is 0.404 e. The van der Waals surface area contributed by atoms with Crippen LogP contribution in [0.5, 0.6) is 5.75 Å². The number of nitrogens with one attached hydrogen (secondary N) is 1. The summed E-state index contributed by atoms with van der Waals surface area (Å²) < 4.78 is 36.4. The second kappa shape index (κ2) is 19.4. The van der Waals surface area contributed by atoms with E-state index in [2.05, 4.69) is 16.6 Å². The summed E-state index contributed by atoms with van der Waals surface area (Å²) in [5.74, 6) is -1.51. The van der Waals surface area contributed by atoms with Gasteiger partial charge in [-0.2, -0.15) is 0 Å². The molecule has 1 saturated heterocycles. The van der Waals surface area contributed by atoms with Crippen molar-refractivity contribution in [1.29, 1.82) is 0 Å². The summed E-state index contributed by atoms with van der Waals surface area (Å²) in [6.07, 6.45) is -1.14. The van der Waals surface area contributed by atoms with Gasteiger partial charge in [-0.15, -0.1) is 0 Å². The van der Waals surface area contributed by atoms with Crippen LogP contribution in [0.15, 0.2) is 49.1 Å². The number of carbonyl (C=O) groups excluding carboxylic acids is 5. The van der Waals surface area contributed by atoms with E-state index in [0.29, 0.717) is 29.8 Å². The van der Waals surface area contributed by atoms with Crippen molar-refractivity contribution in [2.75, 3.05) is 26.1 Å². The Morgan fingerprint density at radius 3 is 2.41 bits per heavy atom. The summed E-state index contributed by atoms with van der Waals surface area (Å²) >= 11 is 0. The van der Waals surface area contributed by atoms with Gasteiger partial charge in [0.2, 0.25) is 12.7 Å². The molecule has 0 aromatic heterocycles. The van der Waals surface area contributed by atoms with Crippen LogP contribution in [0.1, 0.15) is 46.8 Å². The molecule has 1 fully saturated rings. The predicted molar refractivity (Wildman–Crippen MR) is 160 cm³/mol. The number of amides is 2. The van der Waals surface area contributed by atoms with E-state index in [-0.39, 0.29) is 44.0 Å². The number of nitrogens with two attached hydrogens (primary N) is 1. The van der Waals surface area contributed by atoms with Gasteiger partial charge in [-0.25, -0.2) is 14.4 Å². The second-order valence-corrected chi connectivity index (χ2v) is 9.57. The van der Waals surface area contributed by atoms with Crippen LogP contribution in [0, 0.1) is 0 Å². The zero-order chi connectivity index (χ0) is 34.1. The van der Waals surface area contributed by atoms with E-state index in [1.54, 1.807) is 36.4 Å². The minimum absolute atomic E-state index is 0.0334. The fraction of sp³-hybridized carbons (Fsp3) is 0.387. The highest BCUT2D eigenvalue weighted by molar-refractivity contribution is 5.92. The summed E-state index contributed by atoms with van der Waals surface area (Å²) in [7, 11) is 2.78. The molecule has 2 aromatic carbocycles. The van der Waals surface area contributed by atoms with Crippen LogP contribution in [0.3, 0.4) is 0 Å². The van der Waals surface area contributed by atoms with Gasteiger partial charge in [-0.05, 0) is 35.4 Å². The van der Waals surface area contributed by atoms with Crippen LogP contribution in [-0.4, -0.2) is 74.8 Å². The Bertz CT molecular complexity index is 1360. The molecule has 0 spiro atoms. The fourth-order valence-corrected chi connectivity index (χ4v) is 4.20. The van der Waals surface area contributed by atoms with Crippen LogP contribution >= 0.6 is 0 Å². The minimum Gasteiger partial charge on any atom is -0.467 e. The van der Waals surface area contributed by atoms with Gasteiger partial charge in [0.15, 0.2) is 6.10 Å². The molecule has 15 heteroatoms. The van der Waals surface area contributed by atoms with Crippen LogP contribution in [0.2, 0.25) is 0 Å². The molecular formula is C31H38N2O13. The normalized spacial score (nSPS) is 16.8. The standard InChI is InChI=1S/C21H26O9.C10H12N2O4/c1-5-8-27-20(23)16-9-14(12-25-3)6-7-17(16)29-19-11-15(28-13(2)22)10-18(30-19)21(24)26-4;11-10(15)16-5-8-3-7(4-13)1-2-9(8)12-6-14/h5-7,9,15,18-19H,1,8,10-12H2,2-4H3;1-3,6,13H,4-5H2,(H2,11,15)(H,12,14). The largest absolute Gasteiger partial charge is 0.467 e. The van der Waals surface area contributed by atoms with Crippen molar-refractivity contribution in [3.63, 3.8) is 0 Å². The molecule has 0 radical (unpaired) electrons. The van der Waals surface area contributed by atoms with Crippen molar-refractivity contribution < 1.29 is 62.2 Å². The Balaban J connectivity index is 0.000000387. The number of benzene rings is 2. The van der Waals surface area contributed by atoms with Crippen molar-refractivity contribution in [3.05, 3.63) is 71.3 Å². The lowest BCUT2D eigenvalue weighted by atomic mass is 10.0. The third kappa shape index (κ3) is 12.2. The summed E-state index contributed by atoms with van der Waals surface area (Å²) in [4.78, 5) is 56.6. The molecule has 3 rings (SSSR count). The van der Waals surface area contributed by atoms with Crippen LogP contribution in [-0.2, 0) is 62.6 Å². The smallest absolute Gasteiger partial charge is 0.404 e. The number of rotatable bonds is 14. The number of methoxy groups -OCH3 is 2. The van der Waals surface area contributed by atoms with E-state index in [1.807, 2.05) is 0 Å². The van der Waals surface area contributed by atoms with Crippen LogP contribution in [0.25, 0.3) is 0 Å². The average Bonchev–Trinajstić information content (AvgIpc) is 3.03. The average molecular weight is 647 g/mol. The first-order valence-electron chi connectivity index (χ1n) is 13.9. The van der Waals surface area contributed by atoms with E-state index >= 15 is 0 Å². The summed E-state index contributed by atoms with van der Waals surface area (Å²) in [6.45, 7) is 4.93. The molecule has 1 aliphatic heterocycles. The number of ether oxygens (including phenoxy) is 7. The van der Waals surface area contributed by atoms with E-state index in [1.165, 1.54) is 27.2 Å². The maximum atomic E-state index is 12.5. The predicted octanol–water partition coefficient (Wildman–Crippen LogP) is 2.51. The number of aliphatic hydroxyl groups is 1. The molecule has 1 aliphatic rings. The van der Waals surface area contributed by atoms with Crippen molar-refractivity contribution >= 4 is 36.1 Å². The second-order valence-electron chi connectivity index (χ2n) is 9.57. The lowest BCUT2D eigenvalue weighted by molar-refractivity contribution is -0.204. The molecule has 4 N–H and O–H groups in total. The van der Waals surface area contributed by atoms with Gasteiger partial charge in [-0.1, -0.05) is 24.8 Å². The highest BCUT2D eigenvalue weighted by Gasteiger charge is 2.37. The number of aliphatic hydroxyl groups excluding tert-OH is 1. The van der Waals surface area contributed by atoms with Crippen molar-refractivity contribution in [1.82, 2.24) is 0 Å². The molecule has 250 valence electrons. The first-order chi connectivity index (χ1) is 22.0. The van der Waals surface area contributed by atoms with Gasteiger partial charge in [0.25, 0.3) is 0 Å². The monoisotopic (exact) mass is 646 g/mol. The summed E-state index contributed by atoms with van der Waals surface area (Å²) in [5, 5.41) is 11.4. The molecular weight excluding hydrogens is 608 g/mol. The van der Waals surface area contributed by atoms with E-state index in [9.17, 15) is 24.0 Å². The lowest BCUT2D eigenvalue weighted by Gasteiger charge is -2.33. The molecule has 46 heavy (non-hydrogen) atoms. The van der Waals surface area contributed by atoms with Gasteiger partial charge in [-0.3, -0.25) is 9.59 Å². The zero-order valence-electron chi connectivity index (χ0n) is 25.7. The Hall–Kier alpha value is -4.99. The number of anilines is 1. The Morgan fingerprint density at radius 1 is 1.07 bits per heavy atom. The van der Waals surface area contributed by atoms with E-state index in [4.69, 9.17) is 39.3 Å². The number of hydrogen-bond donors (Lipinski definition) is 3. The molecule has 1 heterocycles. The van der Waals surface area contributed by atoms with Crippen LogP contribution in [0.4, 0.5) is 10.5 Å². The van der Waals surface area contributed by atoms with Gasteiger partial charge >= 0.3 is 24.0 Å². The third-order valence-electron chi connectivity index (χ3n) is 6.15. The van der Waals surface area contributed by atoms with Crippen molar-refractivity contribution in [2.45, 2.75) is 58.1 Å². The SMILES string of the molecule is C=CCOC(=O)c1cc(COC)ccc1OC1CC(OC(C)=O)CC(C(=O)OC)O1.NC(=O)OCc1cc(CO)ccc1NC=O. The molecule has 15 nitrogen and oxygen atoms in total. The molecule has 3 unspecified atom stereocenters. The van der Waals surface area contributed by atoms with Gasteiger partial charge in [0, 0.05) is 38.1 Å². The first kappa shape index (κ1) is 37.2. The topological polar surface area (TPSA) is 208 Å². The van der Waals surface area contributed by atoms with Crippen LogP contribution < -0.4 is 15.8 Å². The highest BCUT2D eigenvalue weighted by atomic mass is 16.7. The van der Waals surface area contributed by atoms with E-state index < -0.39 is 42.5 Å². The van der Waals surface area contributed by atoms with Gasteiger partial charge < -0.3 is 49.3 Å². The molecule has 2 aromatic rings. The Kier molecular flexibility index (Phi) is 15.7. The molecule has 0 bridgehead atoms. The number of primary amides is 1. The fourth-order valence-electron chi connectivity index (χ4n) is 4.20.